The van der Waals surface area contributed by atoms with Gasteiger partial charge in [0.15, 0.2) is 16.7 Å². The molecule has 0 aromatic carbocycles. The van der Waals surface area contributed by atoms with Gasteiger partial charge in [0.2, 0.25) is 17.8 Å². The van der Waals surface area contributed by atoms with E-state index in [9.17, 15) is 40.3 Å². The van der Waals surface area contributed by atoms with Crippen LogP contribution in [-0.2, 0) is 4.79 Å². The molecule has 10 nitrogen and oxygen atoms in total. The maximum absolute atomic E-state index is 14.0. The molecular weight excluding hydrogens is 635 g/mol. The van der Waals surface area contributed by atoms with Crippen molar-refractivity contribution >= 4 is 29.2 Å². The summed E-state index contributed by atoms with van der Waals surface area (Å²) in [6, 6.07) is 0.454. The van der Waals surface area contributed by atoms with E-state index < -0.39 is 72.3 Å². The van der Waals surface area contributed by atoms with Crippen molar-refractivity contribution in [3.63, 3.8) is 0 Å². The first-order valence-corrected chi connectivity index (χ1v) is 15.3. The second kappa shape index (κ2) is 11.7. The van der Waals surface area contributed by atoms with Gasteiger partial charge in [-0.15, -0.1) is 0 Å². The SMILES string of the molecule is O=C(CC1CC(F)(F)C1)NC(Sc1cnn2cc([C@@H](NC(=O)c3nonc3C3CC3)C3CCC(F)(F)CC3)nc2c1)C(F)(F)F. The van der Waals surface area contributed by atoms with E-state index in [4.69, 9.17) is 4.63 Å². The highest BCUT2D eigenvalue weighted by Crippen LogP contribution is 2.45. The summed E-state index contributed by atoms with van der Waals surface area (Å²) in [5.74, 6) is -8.42. The Balaban J connectivity index is 1.20. The lowest BCUT2D eigenvalue weighted by Crippen LogP contribution is -2.45. The first-order valence-electron chi connectivity index (χ1n) is 14.4. The molecule has 0 aliphatic heterocycles. The Bertz CT molecular complexity index is 1560. The zero-order valence-corrected chi connectivity index (χ0v) is 24.3. The molecule has 0 saturated heterocycles. The zero-order valence-electron chi connectivity index (χ0n) is 23.5. The molecule has 244 valence electrons. The van der Waals surface area contributed by atoms with Crippen molar-refractivity contribution in [1.29, 1.82) is 0 Å². The fourth-order valence-corrected chi connectivity index (χ4v) is 6.70. The molecule has 45 heavy (non-hydrogen) atoms. The fraction of sp³-hybridized carbons (Fsp3) is 0.630. The number of aromatic nitrogens is 5. The van der Waals surface area contributed by atoms with Crippen LogP contribution in [0, 0.1) is 11.8 Å². The van der Waals surface area contributed by atoms with Gasteiger partial charge in [-0.2, -0.15) is 18.3 Å². The van der Waals surface area contributed by atoms with Crippen LogP contribution in [0.5, 0.6) is 0 Å². The molecule has 3 aliphatic carbocycles. The van der Waals surface area contributed by atoms with Crippen LogP contribution in [0.1, 0.15) is 91.6 Å². The van der Waals surface area contributed by atoms with E-state index in [-0.39, 0.29) is 65.3 Å². The van der Waals surface area contributed by atoms with E-state index in [1.54, 1.807) is 0 Å². The summed E-state index contributed by atoms with van der Waals surface area (Å²) in [5.41, 5.74) is 0.781. The highest BCUT2D eigenvalue weighted by Gasteiger charge is 2.47. The predicted molar refractivity (Wildman–Crippen MR) is 143 cm³/mol. The Morgan fingerprint density at radius 3 is 2.40 bits per heavy atom. The number of rotatable bonds is 10. The number of hydrogen-bond donors (Lipinski definition) is 2. The summed E-state index contributed by atoms with van der Waals surface area (Å²) in [7, 11) is 0. The van der Waals surface area contributed by atoms with Gasteiger partial charge < -0.3 is 10.6 Å². The summed E-state index contributed by atoms with van der Waals surface area (Å²) < 4.78 is 102. The summed E-state index contributed by atoms with van der Waals surface area (Å²) in [6.45, 7) is 0. The highest BCUT2D eigenvalue weighted by molar-refractivity contribution is 8.00. The summed E-state index contributed by atoms with van der Waals surface area (Å²) in [6.07, 6.45) is -2.77. The van der Waals surface area contributed by atoms with Crippen LogP contribution in [0.15, 0.2) is 28.0 Å². The van der Waals surface area contributed by atoms with Gasteiger partial charge in [-0.3, -0.25) is 9.59 Å². The normalized spacial score (nSPS) is 21.7. The summed E-state index contributed by atoms with van der Waals surface area (Å²) in [4.78, 5) is 30.0. The number of alkyl halides is 7. The van der Waals surface area contributed by atoms with Crippen molar-refractivity contribution in [3.8, 4) is 0 Å². The maximum Gasteiger partial charge on any atom is 0.418 e. The average Bonchev–Trinajstić information content (AvgIpc) is 3.50. The molecule has 3 aliphatic rings. The number of nitrogens with one attached hydrogen (secondary N) is 2. The molecule has 3 aromatic rings. The van der Waals surface area contributed by atoms with Crippen LogP contribution in [0.3, 0.4) is 0 Å². The molecule has 0 radical (unpaired) electrons. The zero-order chi connectivity index (χ0) is 32.1. The van der Waals surface area contributed by atoms with Crippen LogP contribution >= 0.6 is 11.8 Å². The number of imidazole rings is 1. The number of carbonyl (C=O) groups excluding carboxylic acids is 2. The molecule has 3 fully saturated rings. The third-order valence-electron chi connectivity index (χ3n) is 8.34. The van der Waals surface area contributed by atoms with Crippen molar-refractivity contribution < 1.29 is 45.0 Å². The molecule has 3 saturated carbocycles. The van der Waals surface area contributed by atoms with Crippen LogP contribution in [0.2, 0.25) is 0 Å². The molecule has 3 aromatic heterocycles. The number of amides is 2. The van der Waals surface area contributed by atoms with E-state index >= 15 is 0 Å². The van der Waals surface area contributed by atoms with E-state index in [2.05, 4.69) is 25.7 Å². The molecule has 18 heteroatoms. The Morgan fingerprint density at radius 2 is 1.76 bits per heavy atom. The quantitative estimate of drug-likeness (QED) is 0.158. The number of hydrogen-bond acceptors (Lipinski definition) is 8. The van der Waals surface area contributed by atoms with Gasteiger partial charge in [-0.1, -0.05) is 16.9 Å². The molecule has 1 unspecified atom stereocenters. The standard InChI is InChI=1S/C27H28F7N7O3S/c28-25(29)5-3-15(4-6-25)20(38-23(43)22-21(14-1-2-14)39-44-40-22)17-12-41-18(36-17)8-16(11-35-41)45-24(27(32,33)34)37-19(42)7-13-9-26(30,31)10-13/h8,11-15,20,24H,1-7,9-10H2,(H,37,42)(H,38,43)/t20-,24?/m0/s1. The van der Waals surface area contributed by atoms with E-state index in [0.717, 1.165) is 19.0 Å². The highest BCUT2D eigenvalue weighted by atomic mass is 32.2. The average molecular weight is 664 g/mol. The largest absolute Gasteiger partial charge is 0.418 e. The van der Waals surface area contributed by atoms with Gasteiger partial charge in [0.1, 0.15) is 5.69 Å². The summed E-state index contributed by atoms with van der Waals surface area (Å²) >= 11 is 0.256. The van der Waals surface area contributed by atoms with Crippen molar-refractivity contribution in [2.45, 2.75) is 98.0 Å². The predicted octanol–water partition coefficient (Wildman–Crippen LogP) is 5.82. The maximum atomic E-state index is 14.0. The summed E-state index contributed by atoms with van der Waals surface area (Å²) in [5, 5.41) is 14.0. The van der Waals surface area contributed by atoms with E-state index in [0.29, 0.717) is 5.69 Å². The van der Waals surface area contributed by atoms with Gasteiger partial charge >= 0.3 is 6.18 Å². The number of fused-ring (bicyclic) bond motifs is 1. The molecular formula is C27H28F7N7O3S. The van der Waals surface area contributed by atoms with Crippen LogP contribution in [0.25, 0.3) is 5.65 Å². The van der Waals surface area contributed by atoms with Crippen molar-refractivity contribution in [2.24, 2.45) is 11.8 Å². The second-order valence-electron chi connectivity index (χ2n) is 12.0. The third-order valence-corrected chi connectivity index (χ3v) is 9.45. The molecule has 2 amide bonds. The molecule has 6 rings (SSSR count). The molecule has 3 heterocycles. The lowest BCUT2D eigenvalue weighted by molar-refractivity contribution is -0.149. The topological polar surface area (TPSA) is 127 Å². The van der Waals surface area contributed by atoms with E-state index in [1.807, 2.05) is 5.32 Å². The van der Waals surface area contributed by atoms with E-state index in [1.165, 1.54) is 16.8 Å². The van der Waals surface area contributed by atoms with Crippen LogP contribution < -0.4 is 10.6 Å². The Labute approximate surface area is 255 Å². The molecule has 2 atom stereocenters. The number of carbonyl (C=O) groups is 2. The minimum atomic E-state index is -4.87. The molecule has 0 spiro atoms. The number of nitrogens with zero attached hydrogens (tertiary/aromatic N) is 5. The monoisotopic (exact) mass is 663 g/mol. The third kappa shape index (κ3) is 7.35. The fourth-order valence-electron chi connectivity index (χ4n) is 5.82. The van der Waals surface area contributed by atoms with Gasteiger partial charge in [-0.25, -0.2) is 31.7 Å². The molecule has 2 N–H and O–H groups in total. The Hall–Kier alpha value is -3.44. The Morgan fingerprint density at radius 1 is 1.04 bits per heavy atom. The second-order valence-corrected chi connectivity index (χ2v) is 13.2. The molecule has 0 bridgehead atoms. The van der Waals surface area contributed by atoms with Crippen molar-refractivity contribution in [1.82, 2.24) is 35.5 Å². The first kappa shape index (κ1) is 31.5. The van der Waals surface area contributed by atoms with Crippen molar-refractivity contribution in [3.05, 3.63) is 35.5 Å². The number of thioether (sulfide) groups is 1. The number of halogens is 7. The van der Waals surface area contributed by atoms with Gasteiger partial charge in [0.05, 0.1) is 24.1 Å². The smallest absolute Gasteiger partial charge is 0.342 e. The minimum Gasteiger partial charge on any atom is -0.342 e. The Kier molecular flexibility index (Phi) is 8.22. The van der Waals surface area contributed by atoms with Crippen molar-refractivity contribution in [2.75, 3.05) is 0 Å². The lowest BCUT2D eigenvalue weighted by Gasteiger charge is -2.34. The van der Waals surface area contributed by atoms with Crippen LogP contribution in [-0.4, -0.2) is 60.1 Å². The first-order chi connectivity index (χ1) is 21.2. The van der Waals surface area contributed by atoms with Gasteiger partial charge in [0, 0.05) is 42.9 Å². The van der Waals surface area contributed by atoms with Gasteiger partial charge in [-0.05, 0) is 48.7 Å². The van der Waals surface area contributed by atoms with Gasteiger partial charge in [0.25, 0.3) is 5.91 Å². The minimum absolute atomic E-state index is 0.00177. The van der Waals surface area contributed by atoms with Crippen LogP contribution in [0.4, 0.5) is 30.7 Å². The lowest BCUT2D eigenvalue weighted by atomic mass is 9.79.